The Morgan fingerprint density at radius 3 is 2.74 bits per heavy atom. The third kappa shape index (κ3) is 3.44. The molecule has 0 bridgehead atoms. The van der Waals surface area contributed by atoms with Crippen LogP contribution in [0.1, 0.15) is 18.4 Å². The number of halogens is 1. The SMILES string of the molecule is CNC(=O)N(Cc1ccccc1F)C1CCOCC1. The molecule has 0 radical (unpaired) electrons. The topological polar surface area (TPSA) is 41.6 Å². The van der Waals surface area contributed by atoms with Crippen molar-refractivity contribution in [1.29, 1.82) is 0 Å². The van der Waals surface area contributed by atoms with Gasteiger partial charge in [-0.2, -0.15) is 0 Å². The van der Waals surface area contributed by atoms with Crippen LogP contribution in [0.15, 0.2) is 24.3 Å². The molecule has 1 saturated heterocycles. The van der Waals surface area contributed by atoms with Gasteiger partial charge in [-0.05, 0) is 18.9 Å². The molecule has 1 aliphatic rings. The Hall–Kier alpha value is -1.62. The van der Waals surface area contributed by atoms with Gasteiger partial charge in [-0.15, -0.1) is 0 Å². The molecule has 2 rings (SSSR count). The normalized spacial score (nSPS) is 16.1. The number of rotatable bonds is 3. The van der Waals surface area contributed by atoms with E-state index in [-0.39, 0.29) is 24.4 Å². The van der Waals surface area contributed by atoms with Crippen molar-refractivity contribution in [2.24, 2.45) is 0 Å². The van der Waals surface area contributed by atoms with E-state index in [1.165, 1.54) is 6.07 Å². The van der Waals surface area contributed by atoms with Crippen molar-refractivity contribution in [3.63, 3.8) is 0 Å². The second-order valence-electron chi connectivity index (χ2n) is 4.62. The van der Waals surface area contributed by atoms with Gasteiger partial charge < -0.3 is 15.0 Å². The van der Waals surface area contributed by atoms with Crippen LogP contribution in [0.2, 0.25) is 0 Å². The summed E-state index contributed by atoms with van der Waals surface area (Å²) in [7, 11) is 1.59. The Morgan fingerprint density at radius 2 is 2.11 bits per heavy atom. The van der Waals surface area contributed by atoms with Crippen molar-refractivity contribution < 1.29 is 13.9 Å². The minimum atomic E-state index is -0.275. The van der Waals surface area contributed by atoms with Crippen molar-refractivity contribution in [3.8, 4) is 0 Å². The minimum absolute atomic E-state index is 0.105. The number of carbonyl (C=O) groups is 1. The highest BCUT2D eigenvalue weighted by Gasteiger charge is 2.25. The van der Waals surface area contributed by atoms with Gasteiger partial charge in [0.05, 0.1) is 6.54 Å². The number of urea groups is 1. The highest BCUT2D eigenvalue weighted by Crippen LogP contribution is 2.19. The van der Waals surface area contributed by atoms with E-state index in [2.05, 4.69) is 5.32 Å². The van der Waals surface area contributed by atoms with Gasteiger partial charge in [-0.3, -0.25) is 0 Å². The van der Waals surface area contributed by atoms with Gasteiger partial charge in [0.15, 0.2) is 0 Å². The molecule has 1 N–H and O–H groups in total. The molecule has 1 aromatic rings. The lowest BCUT2D eigenvalue weighted by Crippen LogP contribution is -2.46. The van der Waals surface area contributed by atoms with E-state index >= 15 is 0 Å². The summed E-state index contributed by atoms with van der Waals surface area (Å²) >= 11 is 0. The molecule has 0 spiro atoms. The summed E-state index contributed by atoms with van der Waals surface area (Å²) in [6.07, 6.45) is 1.59. The van der Waals surface area contributed by atoms with Crippen LogP contribution in [0.25, 0.3) is 0 Å². The Balaban J connectivity index is 2.13. The highest BCUT2D eigenvalue weighted by molar-refractivity contribution is 5.74. The molecule has 104 valence electrons. The minimum Gasteiger partial charge on any atom is -0.381 e. The Morgan fingerprint density at radius 1 is 1.42 bits per heavy atom. The predicted molar refractivity (Wildman–Crippen MR) is 70.2 cm³/mol. The second-order valence-corrected chi connectivity index (χ2v) is 4.62. The maximum absolute atomic E-state index is 13.7. The van der Waals surface area contributed by atoms with Crippen LogP contribution < -0.4 is 5.32 Å². The van der Waals surface area contributed by atoms with Crippen molar-refractivity contribution in [1.82, 2.24) is 10.2 Å². The molecule has 0 unspecified atom stereocenters. The zero-order chi connectivity index (χ0) is 13.7. The van der Waals surface area contributed by atoms with E-state index in [0.29, 0.717) is 18.8 Å². The maximum Gasteiger partial charge on any atom is 0.317 e. The molecule has 1 aromatic carbocycles. The first-order valence-electron chi connectivity index (χ1n) is 6.52. The molecule has 5 heteroatoms. The lowest BCUT2D eigenvalue weighted by atomic mass is 10.1. The second kappa shape index (κ2) is 6.52. The Bertz CT molecular complexity index is 433. The standard InChI is InChI=1S/C14H19FN2O2/c1-16-14(18)17(12-6-8-19-9-7-12)10-11-4-2-3-5-13(11)15/h2-5,12H,6-10H2,1H3,(H,16,18). The fraction of sp³-hybridized carbons (Fsp3) is 0.500. The van der Waals surface area contributed by atoms with Crippen molar-refractivity contribution in [3.05, 3.63) is 35.6 Å². The number of nitrogens with zero attached hydrogens (tertiary/aromatic N) is 1. The molecule has 0 aromatic heterocycles. The van der Waals surface area contributed by atoms with Gasteiger partial charge in [0.25, 0.3) is 0 Å². The molecule has 1 heterocycles. The van der Waals surface area contributed by atoms with Crippen LogP contribution in [0, 0.1) is 5.82 Å². The fourth-order valence-corrected chi connectivity index (χ4v) is 2.32. The summed E-state index contributed by atoms with van der Waals surface area (Å²) in [6.45, 7) is 1.59. The summed E-state index contributed by atoms with van der Waals surface area (Å²) in [5, 5.41) is 2.63. The largest absolute Gasteiger partial charge is 0.381 e. The van der Waals surface area contributed by atoms with E-state index in [1.54, 1.807) is 30.1 Å². The molecule has 19 heavy (non-hydrogen) atoms. The number of hydrogen-bond acceptors (Lipinski definition) is 2. The van der Waals surface area contributed by atoms with E-state index in [0.717, 1.165) is 12.8 Å². The summed E-state index contributed by atoms with van der Waals surface area (Å²) in [6, 6.07) is 6.50. The monoisotopic (exact) mass is 266 g/mol. The van der Waals surface area contributed by atoms with E-state index < -0.39 is 0 Å². The van der Waals surface area contributed by atoms with Gasteiger partial charge >= 0.3 is 6.03 Å². The zero-order valence-electron chi connectivity index (χ0n) is 11.1. The number of ether oxygens (including phenoxy) is 1. The number of carbonyl (C=O) groups excluding carboxylic acids is 1. The van der Waals surface area contributed by atoms with Gasteiger partial charge in [0.2, 0.25) is 0 Å². The van der Waals surface area contributed by atoms with Crippen molar-refractivity contribution in [2.75, 3.05) is 20.3 Å². The number of nitrogens with one attached hydrogen (secondary N) is 1. The van der Waals surface area contributed by atoms with Crippen LogP contribution in [0.4, 0.5) is 9.18 Å². The molecule has 1 fully saturated rings. The fourth-order valence-electron chi connectivity index (χ4n) is 2.32. The number of benzene rings is 1. The highest BCUT2D eigenvalue weighted by atomic mass is 19.1. The van der Waals surface area contributed by atoms with Crippen molar-refractivity contribution >= 4 is 6.03 Å². The van der Waals surface area contributed by atoms with E-state index in [4.69, 9.17) is 4.74 Å². The zero-order valence-corrected chi connectivity index (χ0v) is 11.1. The molecular weight excluding hydrogens is 247 g/mol. The predicted octanol–water partition coefficient (Wildman–Crippen LogP) is 2.15. The van der Waals surface area contributed by atoms with Crippen LogP contribution in [-0.4, -0.2) is 37.2 Å². The number of amides is 2. The van der Waals surface area contributed by atoms with Crippen LogP contribution in [0.5, 0.6) is 0 Å². The summed E-state index contributed by atoms with van der Waals surface area (Å²) in [5.41, 5.74) is 0.539. The molecule has 0 saturated carbocycles. The summed E-state index contributed by atoms with van der Waals surface area (Å²) < 4.78 is 19.0. The molecule has 1 aliphatic heterocycles. The lowest BCUT2D eigenvalue weighted by molar-refractivity contribution is 0.0438. The first kappa shape index (κ1) is 13.8. The first-order chi connectivity index (χ1) is 9.22. The smallest absolute Gasteiger partial charge is 0.317 e. The average molecular weight is 266 g/mol. The quantitative estimate of drug-likeness (QED) is 0.910. The molecule has 4 nitrogen and oxygen atoms in total. The average Bonchev–Trinajstić information content (AvgIpc) is 2.46. The van der Waals surface area contributed by atoms with Gasteiger partial charge in [-0.25, -0.2) is 9.18 Å². The van der Waals surface area contributed by atoms with Gasteiger partial charge in [0.1, 0.15) is 5.82 Å². The first-order valence-corrected chi connectivity index (χ1v) is 6.52. The third-order valence-corrected chi connectivity index (χ3v) is 3.40. The van der Waals surface area contributed by atoms with E-state index in [1.807, 2.05) is 0 Å². The Labute approximate surface area is 112 Å². The Kier molecular flexibility index (Phi) is 4.74. The van der Waals surface area contributed by atoms with Crippen LogP contribution >= 0.6 is 0 Å². The molecule has 0 atom stereocenters. The van der Waals surface area contributed by atoms with Gasteiger partial charge in [0, 0.05) is 31.9 Å². The lowest BCUT2D eigenvalue weighted by Gasteiger charge is -2.34. The molecule has 0 aliphatic carbocycles. The summed E-state index contributed by atoms with van der Waals surface area (Å²) in [4.78, 5) is 13.7. The van der Waals surface area contributed by atoms with E-state index in [9.17, 15) is 9.18 Å². The third-order valence-electron chi connectivity index (χ3n) is 3.40. The van der Waals surface area contributed by atoms with Gasteiger partial charge in [-0.1, -0.05) is 18.2 Å². The molecular formula is C14H19FN2O2. The van der Waals surface area contributed by atoms with Crippen molar-refractivity contribution in [2.45, 2.75) is 25.4 Å². The number of hydrogen-bond donors (Lipinski definition) is 1. The van der Waals surface area contributed by atoms with Crippen LogP contribution in [0.3, 0.4) is 0 Å². The van der Waals surface area contributed by atoms with Crippen LogP contribution in [-0.2, 0) is 11.3 Å². The molecule has 2 amide bonds. The maximum atomic E-state index is 13.7. The summed E-state index contributed by atoms with van der Waals surface area (Å²) in [5.74, 6) is -0.275.